The van der Waals surface area contributed by atoms with Gasteiger partial charge in [-0.25, -0.2) is 9.59 Å². The third-order valence-electron chi connectivity index (χ3n) is 3.63. The summed E-state index contributed by atoms with van der Waals surface area (Å²) in [6, 6.07) is 4.78. The van der Waals surface area contributed by atoms with Gasteiger partial charge in [-0.2, -0.15) is 0 Å². The number of likely N-dealkylation sites (tertiary alicyclic amines) is 1. The minimum absolute atomic E-state index is 0.0786. The van der Waals surface area contributed by atoms with E-state index in [1.807, 2.05) is 14.1 Å². The number of nitrogens with zero attached hydrogens (tertiary/aromatic N) is 2. The minimum atomic E-state index is -1.06. The molecule has 7 heteroatoms. The highest BCUT2D eigenvalue weighted by molar-refractivity contribution is 9.10. The first-order valence-corrected chi connectivity index (χ1v) is 7.43. The topological polar surface area (TPSA) is 72.9 Å². The van der Waals surface area contributed by atoms with Crippen LogP contribution >= 0.6 is 15.9 Å². The van der Waals surface area contributed by atoms with Gasteiger partial charge in [0.2, 0.25) is 0 Å². The average molecular weight is 356 g/mol. The van der Waals surface area contributed by atoms with Gasteiger partial charge in [0.25, 0.3) is 0 Å². The van der Waals surface area contributed by atoms with E-state index in [1.54, 1.807) is 17.0 Å². The van der Waals surface area contributed by atoms with E-state index in [9.17, 15) is 9.59 Å². The molecule has 6 nitrogen and oxygen atoms in total. The molecular formula is C14H18BrN3O3. The molecule has 1 aliphatic rings. The molecule has 0 aromatic heterocycles. The van der Waals surface area contributed by atoms with E-state index >= 15 is 0 Å². The number of carboxylic acid groups (broad SMARTS) is 1. The molecule has 1 fully saturated rings. The summed E-state index contributed by atoms with van der Waals surface area (Å²) in [5.74, 6) is -1.06. The first-order chi connectivity index (χ1) is 9.88. The third-order valence-corrected chi connectivity index (χ3v) is 4.13. The summed E-state index contributed by atoms with van der Waals surface area (Å²) in [4.78, 5) is 27.2. The Balaban J connectivity index is 2.10. The van der Waals surface area contributed by atoms with Gasteiger partial charge in [0, 0.05) is 23.6 Å². The molecular weight excluding hydrogens is 338 g/mol. The summed E-state index contributed by atoms with van der Waals surface area (Å²) in [5, 5.41) is 11.9. The van der Waals surface area contributed by atoms with E-state index in [4.69, 9.17) is 5.11 Å². The van der Waals surface area contributed by atoms with Crippen LogP contribution in [-0.4, -0.2) is 60.1 Å². The van der Waals surface area contributed by atoms with Crippen molar-refractivity contribution in [3.8, 4) is 0 Å². The third kappa shape index (κ3) is 3.74. The van der Waals surface area contributed by atoms with Gasteiger partial charge in [-0.1, -0.05) is 15.9 Å². The van der Waals surface area contributed by atoms with Crippen LogP contribution in [0.4, 0.5) is 10.5 Å². The summed E-state index contributed by atoms with van der Waals surface area (Å²) < 4.78 is 0.718. The highest BCUT2D eigenvalue weighted by Gasteiger charge is 2.28. The lowest BCUT2D eigenvalue weighted by molar-refractivity contribution is 0.0698. The number of carbonyl (C=O) groups is 2. The van der Waals surface area contributed by atoms with Crippen molar-refractivity contribution >= 4 is 33.6 Å². The molecule has 21 heavy (non-hydrogen) atoms. The number of urea groups is 1. The number of benzene rings is 1. The predicted octanol–water partition coefficient (Wildman–Crippen LogP) is 2.32. The van der Waals surface area contributed by atoms with Crippen LogP contribution in [0.5, 0.6) is 0 Å². The molecule has 1 unspecified atom stereocenters. The van der Waals surface area contributed by atoms with Crippen LogP contribution < -0.4 is 5.32 Å². The quantitative estimate of drug-likeness (QED) is 0.872. The predicted molar refractivity (Wildman–Crippen MR) is 83.8 cm³/mol. The summed E-state index contributed by atoms with van der Waals surface area (Å²) in [7, 11) is 3.98. The van der Waals surface area contributed by atoms with Gasteiger partial charge >= 0.3 is 12.0 Å². The van der Waals surface area contributed by atoms with Crippen molar-refractivity contribution in [2.45, 2.75) is 12.5 Å². The number of carboxylic acids is 1. The van der Waals surface area contributed by atoms with E-state index < -0.39 is 5.97 Å². The van der Waals surface area contributed by atoms with Crippen LogP contribution in [0.1, 0.15) is 16.8 Å². The molecule has 1 heterocycles. The van der Waals surface area contributed by atoms with Crippen LogP contribution in [0.25, 0.3) is 0 Å². The van der Waals surface area contributed by atoms with Crippen molar-refractivity contribution in [3.63, 3.8) is 0 Å². The highest BCUT2D eigenvalue weighted by atomic mass is 79.9. The molecule has 0 aliphatic carbocycles. The lowest BCUT2D eigenvalue weighted by Gasteiger charge is -2.21. The fraction of sp³-hybridized carbons (Fsp3) is 0.429. The maximum Gasteiger partial charge on any atom is 0.337 e. The molecule has 2 N–H and O–H groups in total. The van der Waals surface area contributed by atoms with Crippen LogP contribution in [0.3, 0.4) is 0 Å². The lowest BCUT2D eigenvalue weighted by atomic mass is 10.2. The van der Waals surface area contributed by atoms with Crippen molar-refractivity contribution in [1.82, 2.24) is 9.80 Å². The van der Waals surface area contributed by atoms with E-state index in [0.717, 1.165) is 10.9 Å². The number of hydrogen-bond donors (Lipinski definition) is 2. The standard InChI is InChI=1S/C14H18BrN3O3/c1-17(2)10-5-6-18(8-10)14(21)16-12-7-9(15)3-4-11(12)13(19)20/h3-4,7,10H,5-6,8H2,1-2H3,(H,16,21)(H,19,20). The number of hydrogen-bond acceptors (Lipinski definition) is 3. The Morgan fingerprint density at radius 2 is 2.14 bits per heavy atom. The van der Waals surface area contributed by atoms with Crippen molar-refractivity contribution < 1.29 is 14.7 Å². The largest absolute Gasteiger partial charge is 0.478 e. The molecule has 0 radical (unpaired) electrons. The van der Waals surface area contributed by atoms with Gasteiger partial charge in [0.15, 0.2) is 0 Å². The smallest absolute Gasteiger partial charge is 0.337 e. The Bertz CT molecular complexity index is 562. The van der Waals surface area contributed by atoms with Crippen LogP contribution in [0, 0.1) is 0 Å². The Morgan fingerprint density at radius 1 is 1.43 bits per heavy atom. The number of halogens is 1. The van der Waals surface area contributed by atoms with Crippen molar-refractivity contribution in [3.05, 3.63) is 28.2 Å². The molecule has 0 bridgehead atoms. The molecule has 2 amide bonds. The Labute approximate surface area is 131 Å². The zero-order valence-corrected chi connectivity index (χ0v) is 13.6. The normalized spacial score (nSPS) is 18.1. The van der Waals surface area contributed by atoms with Crippen molar-refractivity contribution in [2.24, 2.45) is 0 Å². The van der Waals surface area contributed by atoms with Gasteiger partial charge in [-0.05, 0) is 38.7 Å². The van der Waals surface area contributed by atoms with E-state index in [2.05, 4.69) is 26.1 Å². The highest BCUT2D eigenvalue weighted by Crippen LogP contribution is 2.23. The maximum absolute atomic E-state index is 12.3. The number of likely N-dealkylation sites (N-methyl/N-ethyl adjacent to an activating group) is 1. The zero-order valence-electron chi connectivity index (χ0n) is 12.0. The minimum Gasteiger partial charge on any atom is -0.478 e. The molecule has 1 aromatic rings. The fourth-order valence-corrected chi connectivity index (χ4v) is 2.71. The van der Waals surface area contributed by atoms with E-state index in [-0.39, 0.29) is 11.6 Å². The monoisotopic (exact) mass is 355 g/mol. The van der Waals surface area contributed by atoms with Crippen LogP contribution in [0.15, 0.2) is 22.7 Å². The molecule has 1 atom stereocenters. The molecule has 0 saturated carbocycles. The number of nitrogens with one attached hydrogen (secondary N) is 1. The second kappa shape index (κ2) is 6.44. The summed E-state index contributed by atoms with van der Waals surface area (Å²) in [5.41, 5.74) is 0.380. The first kappa shape index (κ1) is 15.8. The first-order valence-electron chi connectivity index (χ1n) is 6.63. The Hall–Kier alpha value is -1.60. The second-order valence-electron chi connectivity index (χ2n) is 5.28. The lowest BCUT2D eigenvalue weighted by Crippen LogP contribution is -2.37. The second-order valence-corrected chi connectivity index (χ2v) is 6.19. The molecule has 114 valence electrons. The van der Waals surface area contributed by atoms with Gasteiger partial charge in [-0.3, -0.25) is 0 Å². The van der Waals surface area contributed by atoms with E-state index in [0.29, 0.717) is 24.8 Å². The Kier molecular flexibility index (Phi) is 4.84. The SMILES string of the molecule is CN(C)C1CCN(C(=O)Nc2cc(Br)ccc2C(=O)O)C1. The molecule has 2 rings (SSSR count). The molecule has 1 aliphatic heterocycles. The Morgan fingerprint density at radius 3 is 2.71 bits per heavy atom. The van der Waals surface area contributed by atoms with E-state index in [1.165, 1.54) is 6.07 Å². The molecule has 1 aromatic carbocycles. The maximum atomic E-state index is 12.3. The molecule has 0 spiro atoms. The zero-order chi connectivity index (χ0) is 15.6. The van der Waals surface area contributed by atoms with Gasteiger partial charge in [0.05, 0.1) is 11.3 Å². The number of rotatable bonds is 3. The van der Waals surface area contributed by atoms with Crippen LogP contribution in [-0.2, 0) is 0 Å². The van der Waals surface area contributed by atoms with Crippen molar-refractivity contribution in [2.75, 3.05) is 32.5 Å². The van der Waals surface area contributed by atoms with Crippen LogP contribution in [0.2, 0.25) is 0 Å². The summed E-state index contributed by atoms with van der Waals surface area (Å²) in [6.07, 6.45) is 0.921. The van der Waals surface area contributed by atoms with Gasteiger partial charge in [0.1, 0.15) is 0 Å². The molecule has 1 saturated heterocycles. The van der Waals surface area contributed by atoms with Crippen molar-refractivity contribution in [1.29, 1.82) is 0 Å². The van der Waals surface area contributed by atoms with Gasteiger partial charge < -0.3 is 20.2 Å². The van der Waals surface area contributed by atoms with Gasteiger partial charge in [-0.15, -0.1) is 0 Å². The number of aromatic carboxylic acids is 1. The summed E-state index contributed by atoms with van der Waals surface area (Å²) >= 11 is 3.28. The number of anilines is 1. The number of amides is 2. The average Bonchev–Trinajstić information content (AvgIpc) is 2.88. The fourth-order valence-electron chi connectivity index (χ4n) is 2.35. The summed E-state index contributed by atoms with van der Waals surface area (Å²) in [6.45, 7) is 1.32. The number of carbonyl (C=O) groups excluding carboxylic acids is 1.